The fourth-order valence-electron chi connectivity index (χ4n) is 2.05. The smallest absolute Gasteiger partial charge is 0.117 e. The number of nitrogens with zero attached hydrogens (tertiary/aromatic N) is 3. The zero-order chi connectivity index (χ0) is 14.0. The second-order valence-corrected chi connectivity index (χ2v) is 4.43. The SMILES string of the molecule is Cc1cc(N(C)c2cccc(O)c2)c(C#N)c(C)n1. The van der Waals surface area contributed by atoms with Crippen LogP contribution in [0, 0.1) is 25.2 Å². The van der Waals surface area contributed by atoms with E-state index >= 15 is 0 Å². The Morgan fingerprint density at radius 3 is 2.63 bits per heavy atom. The Bertz CT molecular complexity index is 659. The van der Waals surface area contributed by atoms with E-state index in [1.54, 1.807) is 18.2 Å². The summed E-state index contributed by atoms with van der Waals surface area (Å²) in [6.07, 6.45) is 0. The Balaban J connectivity index is 2.56. The monoisotopic (exact) mass is 253 g/mol. The number of phenolic OH excluding ortho intramolecular Hbond substituents is 1. The highest BCUT2D eigenvalue weighted by molar-refractivity contribution is 5.70. The van der Waals surface area contributed by atoms with Gasteiger partial charge in [0.1, 0.15) is 11.8 Å². The number of rotatable bonds is 2. The molecule has 0 saturated carbocycles. The van der Waals surface area contributed by atoms with Gasteiger partial charge in [-0.25, -0.2) is 0 Å². The van der Waals surface area contributed by atoms with Gasteiger partial charge in [0, 0.05) is 24.5 Å². The maximum absolute atomic E-state index is 9.54. The largest absolute Gasteiger partial charge is 0.508 e. The van der Waals surface area contributed by atoms with Gasteiger partial charge in [-0.2, -0.15) is 5.26 Å². The van der Waals surface area contributed by atoms with Crippen LogP contribution in [-0.4, -0.2) is 17.1 Å². The summed E-state index contributed by atoms with van der Waals surface area (Å²) in [5, 5.41) is 18.8. The molecular formula is C15H15N3O. The summed E-state index contributed by atoms with van der Waals surface area (Å²) >= 11 is 0. The topological polar surface area (TPSA) is 60.1 Å². The lowest BCUT2D eigenvalue weighted by Crippen LogP contribution is -2.12. The summed E-state index contributed by atoms with van der Waals surface area (Å²) in [6, 6.07) is 11.0. The van der Waals surface area contributed by atoms with Crippen molar-refractivity contribution >= 4 is 11.4 Å². The lowest BCUT2D eigenvalue weighted by molar-refractivity contribution is 0.475. The third-order valence-corrected chi connectivity index (χ3v) is 3.00. The summed E-state index contributed by atoms with van der Waals surface area (Å²) in [7, 11) is 1.86. The standard InChI is InChI=1S/C15H15N3O/c1-10-7-15(14(9-16)11(2)17-10)18(3)12-5-4-6-13(19)8-12/h4-8,19H,1-3H3. The quantitative estimate of drug-likeness (QED) is 0.893. The second kappa shape index (κ2) is 4.99. The Kier molecular flexibility index (Phi) is 3.39. The average Bonchev–Trinajstić information content (AvgIpc) is 2.37. The van der Waals surface area contributed by atoms with Crippen molar-refractivity contribution in [2.24, 2.45) is 0 Å². The van der Waals surface area contributed by atoms with Crippen molar-refractivity contribution in [2.75, 3.05) is 11.9 Å². The first-order valence-corrected chi connectivity index (χ1v) is 5.94. The molecule has 1 aromatic heterocycles. The first-order valence-electron chi connectivity index (χ1n) is 5.94. The molecule has 2 aromatic rings. The summed E-state index contributed by atoms with van der Waals surface area (Å²) in [4.78, 5) is 6.18. The molecule has 0 radical (unpaired) electrons. The molecule has 0 amide bonds. The van der Waals surface area contributed by atoms with E-state index in [0.717, 1.165) is 17.1 Å². The van der Waals surface area contributed by atoms with Crippen molar-refractivity contribution in [1.82, 2.24) is 4.98 Å². The minimum absolute atomic E-state index is 0.199. The van der Waals surface area contributed by atoms with Gasteiger partial charge in [0.25, 0.3) is 0 Å². The Hall–Kier alpha value is -2.54. The van der Waals surface area contributed by atoms with Crippen LogP contribution >= 0.6 is 0 Å². The number of hydrogen-bond donors (Lipinski definition) is 1. The van der Waals surface area contributed by atoms with Gasteiger partial charge in [-0.15, -0.1) is 0 Å². The summed E-state index contributed by atoms with van der Waals surface area (Å²) in [5.41, 5.74) is 3.74. The molecule has 1 heterocycles. The molecule has 0 bridgehead atoms. The van der Waals surface area contributed by atoms with E-state index in [4.69, 9.17) is 0 Å². The molecule has 0 saturated heterocycles. The van der Waals surface area contributed by atoms with Crippen molar-refractivity contribution in [3.63, 3.8) is 0 Å². The third-order valence-electron chi connectivity index (χ3n) is 3.00. The van der Waals surface area contributed by atoms with Crippen LogP contribution in [0.25, 0.3) is 0 Å². The number of hydrogen-bond acceptors (Lipinski definition) is 4. The zero-order valence-electron chi connectivity index (χ0n) is 11.2. The van der Waals surface area contributed by atoms with E-state index in [-0.39, 0.29) is 5.75 Å². The second-order valence-electron chi connectivity index (χ2n) is 4.43. The fraction of sp³-hybridized carbons (Fsp3) is 0.200. The molecule has 4 heteroatoms. The maximum Gasteiger partial charge on any atom is 0.117 e. The van der Waals surface area contributed by atoms with Crippen LogP contribution in [-0.2, 0) is 0 Å². The van der Waals surface area contributed by atoms with Crippen LogP contribution in [0.4, 0.5) is 11.4 Å². The minimum Gasteiger partial charge on any atom is -0.508 e. The van der Waals surface area contributed by atoms with Crippen LogP contribution in [0.2, 0.25) is 0 Å². The molecule has 0 aliphatic carbocycles. The van der Waals surface area contributed by atoms with Crippen molar-refractivity contribution in [1.29, 1.82) is 5.26 Å². The number of pyridine rings is 1. The minimum atomic E-state index is 0.199. The third kappa shape index (κ3) is 2.50. The summed E-state index contributed by atoms with van der Waals surface area (Å²) in [5.74, 6) is 0.199. The van der Waals surface area contributed by atoms with E-state index in [1.807, 2.05) is 37.9 Å². The van der Waals surface area contributed by atoms with Gasteiger partial charge < -0.3 is 10.0 Å². The zero-order valence-corrected chi connectivity index (χ0v) is 11.2. The highest BCUT2D eigenvalue weighted by Crippen LogP contribution is 2.30. The molecule has 0 spiro atoms. The van der Waals surface area contributed by atoms with Gasteiger partial charge in [-0.1, -0.05) is 6.07 Å². The molecule has 4 nitrogen and oxygen atoms in total. The number of anilines is 2. The lowest BCUT2D eigenvalue weighted by Gasteiger charge is -2.22. The number of benzene rings is 1. The van der Waals surface area contributed by atoms with Crippen LogP contribution in [0.1, 0.15) is 17.0 Å². The van der Waals surface area contributed by atoms with E-state index < -0.39 is 0 Å². The van der Waals surface area contributed by atoms with Crippen molar-refractivity contribution < 1.29 is 5.11 Å². The van der Waals surface area contributed by atoms with Crippen molar-refractivity contribution in [3.8, 4) is 11.8 Å². The molecule has 96 valence electrons. The van der Waals surface area contributed by atoms with Crippen LogP contribution < -0.4 is 4.90 Å². The van der Waals surface area contributed by atoms with Gasteiger partial charge in [0.2, 0.25) is 0 Å². The summed E-state index contributed by atoms with van der Waals surface area (Å²) < 4.78 is 0. The number of nitriles is 1. The lowest BCUT2D eigenvalue weighted by atomic mass is 10.1. The average molecular weight is 253 g/mol. The van der Waals surface area contributed by atoms with Crippen LogP contribution in [0.15, 0.2) is 30.3 Å². The first kappa shape index (κ1) is 12.9. The number of aromatic hydroxyl groups is 1. The highest BCUT2D eigenvalue weighted by Gasteiger charge is 2.13. The van der Waals surface area contributed by atoms with Crippen molar-refractivity contribution in [2.45, 2.75) is 13.8 Å². The molecule has 19 heavy (non-hydrogen) atoms. The van der Waals surface area contributed by atoms with E-state index in [2.05, 4.69) is 11.1 Å². The number of aromatic nitrogens is 1. The van der Waals surface area contributed by atoms with E-state index in [1.165, 1.54) is 0 Å². The van der Waals surface area contributed by atoms with Crippen molar-refractivity contribution in [3.05, 3.63) is 47.3 Å². The normalized spacial score (nSPS) is 10.0. The van der Waals surface area contributed by atoms with E-state index in [9.17, 15) is 10.4 Å². The Morgan fingerprint density at radius 1 is 1.26 bits per heavy atom. The molecular weight excluding hydrogens is 238 g/mol. The predicted octanol–water partition coefficient (Wildman–Crippen LogP) is 3.04. The first-order chi connectivity index (χ1) is 9.02. The van der Waals surface area contributed by atoms with Gasteiger partial charge in [-0.05, 0) is 32.0 Å². The van der Waals surface area contributed by atoms with Gasteiger partial charge in [0.05, 0.1) is 16.9 Å². The molecule has 1 N–H and O–H groups in total. The maximum atomic E-state index is 9.54. The predicted molar refractivity (Wildman–Crippen MR) is 74.6 cm³/mol. The van der Waals surface area contributed by atoms with Gasteiger partial charge in [-0.3, -0.25) is 4.98 Å². The Labute approximate surface area is 112 Å². The fourth-order valence-corrected chi connectivity index (χ4v) is 2.05. The number of aryl methyl sites for hydroxylation is 2. The van der Waals surface area contributed by atoms with Gasteiger partial charge in [0.15, 0.2) is 0 Å². The van der Waals surface area contributed by atoms with Crippen LogP contribution in [0.5, 0.6) is 5.75 Å². The van der Waals surface area contributed by atoms with Crippen LogP contribution in [0.3, 0.4) is 0 Å². The number of phenols is 1. The molecule has 0 atom stereocenters. The molecule has 0 aliphatic heterocycles. The molecule has 0 fully saturated rings. The molecule has 0 unspecified atom stereocenters. The molecule has 1 aromatic carbocycles. The van der Waals surface area contributed by atoms with E-state index in [0.29, 0.717) is 11.3 Å². The molecule has 2 rings (SSSR count). The summed E-state index contributed by atoms with van der Waals surface area (Å²) in [6.45, 7) is 3.72. The Morgan fingerprint density at radius 2 is 2.00 bits per heavy atom. The molecule has 0 aliphatic rings. The highest BCUT2D eigenvalue weighted by atomic mass is 16.3. The van der Waals surface area contributed by atoms with Gasteiger partial charge >= 0.3 is 0 Å².